The molecule has 0 atom stereocenters. The number of rotatable bonds is 4. The van der Waals surface area contributed by atoms with Crippen molar-refractivity contribution in [3.8, 4) is 0 Å². The Balaban J connectivity index is 1.59. The fraction of sp³-hybridized carbons (Fsp3) is 0.500. The smallest absolute Gasteiger partial charge is 0.260 e. The quantitative estimate of drug-likeness (QED) is 0.738. The summed E-state index contributed by atoms with van der Waals surface area (Å²) in [6, 6.07) is 4.93. The summed E-state index contributed by atoms with van der Waals surface area (Å²) < 4.78 is 44.7. The number of ether oxygens (including phenoxy) is 1. The predicted molar refractivity (Wildman–Crippen MR) is 86.9 cm³/mol. The first-order valence-corrected chi connectivity index (χ1v) is 9.21. The highest BCUT2D eigenvalue weighted by Gasteiger charge is 2.30. The topological polar surface area (TPSA) is 53.1 Å². The predicted octanol–water partition coefficient (Wildman–Crippen LogP) is 0.707. The Kier molecular flexibility index (Phi) is 4.81. The summed E-state index contributed by atoms with van der Waals surface area (Å²) in [5.41, 5.74) is 0. The van der Waals surface area contributed by atoms with E-state index >= 15 is 0 Å². The van der Waals surface area contributed by atoms with E-state index < -0.39 is 15.8 Å². The lowest BCUT2D eigenvalue weighted by atomic mass is 10.4. The summed E-state index contributed by atoms with van der Waals surface area (Å²) in [6.07, 6.45) is 0. The molecule has 0 radical (unpaired) electrons. The Bertz CT molecular complexity index is 673. The maximum absolute atomic E-state index is 13.0. The number of thiocarbonyl (C=S) groups is 1. The molecule has 2 heterocycles. The van der Waals surface area contributed by atoms with E-state index in [9.17, 15) is 12.8 Å². The van der Waals surface area contributed by atoms with E-state index in [1.54, 1.807) is 0 Å². The summed E-state index contributed by atoms with van der Waals surface area (Å²) in [7, 11) is -3.56. The van der Waals surface area contributed by atoms with Crippen LogP contribution in [0, 0.1) is 5.82 Å². The Labute approximate surface area is 140 Å². The van der Waals surface area contributed by atoms with Gasteiger partial charge in [0, 0.05) is 26.2 Å². The van der Waals surface area contributed by atoms with E-state index in [1.807, 2.05) is 4.90 Å². The van der Waals surface area contributed by atoms with E-state index in [-0.39, 0.29) is 4.90 Å². The number of nitrogens with zero attached hydrogens (tertiary/aromatic N) is 3. The van der Waals surface area contributed by atoms with Gasteiger partial charge >= 0.3 is 0 Å². The van der Waals surface area contributed by atoms with Crippen LogP contribution in [0.1, 0.15) is 0 Å². The van der Waals surface area contributed by atoms with Crippen LogP contribution in [0.2, 0.25) is 0 Å². The van der Waals surface area contributed by atoms with Crippen molar-refractivity contribution in [3.05, 3.63) is 30.1 Å². The molecule has 0 amide bonds. The number of piperazine rings is 1. The molecule has 23 heavy (non-hydrogen) atoms. The van der Waals surface area contributed by atoms with Gasteiger partial charge in [-0.3, -0.25) is 4.90 Å². The van der Waals surface area contributed by atoms with Crippen molar-refractivity contribution >= 4 is 27.4 Å². The number of hydrogen-bond acceptors (Lipinski definition) is 5. The van der Waals surface area contributed by atoms with Crippen molar-refractivity contribution in [1.29, 1.82) is 0 Å². The van der Waals surface area contributed by atoms with Gasteiger partial charge < -0.3 is 9.64 Å². The molecular weight excluding hydrogens is 341 g/mol. The van der Waals surface area contributed by atoms with Crippen molar-refractivity contribution < 1.29 is 17.5 Å². The first-order valence-electron chi connectivity index (χ1n) is 7.36. The van der Waals surface area contributed by atoms with Gasteiger partial charge in [-0.15, -0.1) is 0 Å². The number of benzene rings is 1. The molecule has 2 aliphatic rings. The maximum Gasteiger partial charge on any atom is 0.260 e. The van der Waals surface area contributed by atoms with Crippen LogP contribution in [0.3, 0.4) is 0 Å². The largest absolute Gasteiger partial charge is 0.469 e. The SMILES string of the molecule is O=S(=O)(c1ccc(F)cc1)N1CCN(CN2CCOC2=S)CC1. The molecule has 2 fully saturated rings. The van der Waals surface area contributed by atoms with Crippen molar-refractivity contribution in [2.45, 2.75) is 4.90 Å². The molecule has 1 aromatic rings. The highest BCUT2D eigenvalue weighted by molar-refractivity contribution is 7.89. The normalized spacial score (nSPS) is 20.7. The summed E-state index contributed by atoms with van der Waals surface area (Å²) in [4.78, 5) is 4.25. The second-order valence-corrected chi connectivity index (χ2v) is 7.78. The number of hydrogen-bond donors (Lipinski definition) is 0. The zero-order valence-electron chi connectivity index (χ0n) is 12.5. The molecule has 2 saturated heterocycles. The molecule has 1 aromatic carbocycles. The van der Waals surface area contributed by atoms with Gasteiger partial charge in [-0.2, -0.15) is 4.31 Å². The highest BCUT2D eigenvalue weighted by Crippen LogP contribution is 2.18. The number of sulfonamides is 1. The van der Waals surface area contributed by atoms with Crippen molar-refractivity contribution in [2.24, 2.45) is 0 Å². The summed E-state index contributed by atoms with van der Waals surface area (Å²) in [6.45, 7) is 4.09. The van der Waals surface area contributed by atoms with Gasteiger partial charge in [0.15, 0.2) is 0 Å². The van der Waals surface area contributed by atoms with Gasteiger partial charge in [-0.05, 0) is 36.5 Å². The molecule has 9 heteroatoms. The summed E-state index contributed by atoms with van der Waals surface area (Å²) in [5.74, 6) is -0.447. The highest BCUT2D eigenvalue weighted by atomic mass is 32.2. The lowest BCUT2D eigenvalue weighted by Gasteiger charge is -2.35. The maximum atomic E-state index is 13.0. The first-order chi connectivity index (χ1) is 11.0. The molecule has 0 aromatic heterocycles. The fourth-order valence-electron chi connectivity index (χ4n) is 2.66. The van der Waals surface area contributed by atoms with E-state index in [1.165, 1.54) is 16.4 Å². The van der Waals surface area contributed by atoms with Crippen LogP contribution >= 0.6 is 12.2 Å². The molecule has 126 valence electrons. The van der Waals surface area contributed by atoms with Crippen LogP contribution < -0.4 is 0 Å². The standard InChI is InChI=1S/C14H18FN3O3S2/c15-12-1-3-13(4-2-12)23(19,20)18-7-5-16(6-8-18)11-17-9-10-21-14(17)22/h1-4H,5-11H2. The van der Waals surface area contributed by atoms with Gasteiger partial charge in [-0.25, -0.2) is 12.8 Å². The molecule has 0 unspecified atom stereocenters. The van der Waals surface area contributed by atoms with E-state index in [0.29, 0.717) is 44.6 Å². The van der Waals surface area contributed by atoms with Gasteiger partial charge in [0.2, 0.25) is 10.0 Å². The molecule has 3 rings (SSSR count). The van der Waals surface area contributed by atoms with Crippen LogP contribution in [0.4, 0.5) is 4.39 Å². The first kappa shape index (κ1) is 16.6. The van der Waals surface area contributed by atoms with Gasteiger partial charge in [0.05, 0.1) is 18.1 Å². The minimum atomic E-state index is -3.56. The van der Waals surface area contributed by atoms with Crippen LogP contribution in [0.15, 0.2) is 29.2 Å². The Morgan fingerprint density at radius 3 is 2.30 bits per heavy atom. The van der Waals surface area contributed by atoms with Crippen molar-refractivity contribution in [1.82, 2.24) is 14.1 Å². The lowest BCUT2D eigenvalue weighted by Crippen LogP contribution is -2.51. The average molecular weight is 359 g/mol. The van der Waals surface area contributed by atoms with Gasteiger partial charge in [0.1, 0.15) is 12.4 Å². The van der Waals surface area contributed by atoms with Crippen molar-refractivity contribution in [2.75, 3.05) is 46.0 Å². The average Bonchev–Trinajstić information content (AvgIpc) is 2.93. The van der Waals surface area contributed by atoms with Gasteiger partial charge in [0.25, 0.3) is 5.17 Å². The molecule has 2 aliphatic heterocycles. The monoisotopic (exact) mass is 359 g/mol. The minimum Gasteiger partial charge on any atom is -0.469 e. The van der Waals surface area contributed by atoms with Crippen molar-refractivity contribution in [3.63, 3.8) is 0 Å². The number of halogens is 1. The molecule has 0 saturated carbocycles. The van der Waals surface area contributed by atoms with E-state index in [4.69, 9.17) is 17.0 Å². The fourth-order valence-corrected chi connectivity index (χ4v) is 4.32. The zero-order chi connectivity index (χ0) is 16.4. The molecule has 0 N–H and O–H groups in total. The molecule has 0 aliphatic carbocycles. The third kappa shape index (κ3) is 3.63. The molecule has 0 spiro atoms. The Morgan fingerprint density at radius 1 is 1.09 bits per heavy atom. The summed E-state index contributed by atoms with van der Waals surface area (Å²) >= 11 is 5.11. The zero-order valence-corrected chi connectivity index (χ0v) is 14.2. The lowest BCUT2D eigenvalue weighted by molar-refractivity contribution is 0.142. The Hall–Kier alpha value is -1.29. The molecule has 0 bridgehead atoms. The van der Waals surface area contributed by atoms with E-state index in [2.05, 4.69) is 4.90 Å². The van der Waals surface area contributed by atoms with Crippen LogP contribution in [-0.2, 0) is 14.8 Å². The second-order valence-electron chi connectivity index (χ2n) is 5.50. The minimum absolute atomic E-state index is 0.126. The third-order valence-electron chi connectivity index (χ3n) is 4.00. The third-order valence-corrected chi connectivity index (χ3v) is 6.29. The van der Waals surface area contributed by atoms with Crippen LogP contribution in [0.25, 0.3) is 0 Å². The summed E-state index contributed by atoms with van der Waals surface area (Å²) in [5, 5.41) is 0.506. The van der Waals surface area contributed by atoms with E-state index in [0.717, 1.165) is 18.7 Å². The molecular formula is C14H18FN3O3S2. The Morgan fingerprint density at radius 2 is 1.74 bits per heavy atom. The molecule has 6 nitrogen and oxygen atoms in total. The van der Waals surface area contributed by atoms with Gasteiger partial charge in [-0.1, -0.05) is 0 Å². The van der Waals surface area contributed by atoms with Crippen LogP contribution in [-0.4, -0.2) is 73.7 Å². The second kappa shape index (κ2) is 6.68. The van der Waals surface area contributed by atoms with Crippen LogP contribution in [0.5, 0.6) is 0 Å².